The summed E-state index contributed by atoms with van der Waals surface area (Å²) in [6.45, 7) is 2.06. The molecule has 2 N–H and O–H groups in total. The van der Waals surface area contributed by atoms with E-state index in [1.807, 2.05) is 0 Å². The van der Waals surface area contributed by atoms with Crippen LogP contribution in [0.15, 0.2) is 24.3 Å². The molecule has 1 rings (SSSR count). The van der Waals surface area contributed by atoms with Crippen molar-refractivity contribution in [3.8, 4) is 0 Å². The van der Waals surface area contributed by atoms with Gasteiger partial charge in [0, 0.05) is 6.54 Å². The molecule has 21 heavy (non-hydrogen) atoms. The summed E-state index contributed by atoms with van der Waals surface area (Å²) in [5.41, 5.74) is 1.44. The third kappa shape index (κ3) is 8.03. The molecular weight excluding hydrogens is 305 g/mol. The van der Waals surface area contributed by atoms with E-state index in [1.54, 1.807) is 24.3 Å². The minimum Gasteiger partial charge on any atom is -0.313 e. The number of hydrogen-bond acceptors (Lipinski definition) is 3. The molecule has 0 radical (unpaired) electrons. The first-order valence-electron chi connectivity index (χ1n) is 6.54. The molecule has 0 spiro atoms. The van der Waals surface area contributed by atoms with Crippen molar-refractivity contribution in [2.24, 2.45) is 0 Å². The smallest absolute Gasteiger partial charge is 0.313 e. The number of benzene rings is 1. The van der Waals surface area contributed by atoms with Gasteiger partial charge in [0.25, 0.3) is 0 Å². The quantitative estimate of drug-likeness (QED) is 0.721. The summed E-state index contributed by atoms with van der Waals surface area (Å²) in [4.78, 5) is 0. The highest BCUT2D eigenvalue weighted by Gasteiger charge is 2.29. The fourth-order valence-corrected chi connectivity index (χ4v) is 2.74. The lowest BCUT2D eigenvalue weighted by Gasteiger charge is -2.10. The van der Waals surface area contributed by atoms with Gasteiger partial charge < -0.3 is 5.32 Å². The fourth-order valence-electron chi connectivity index (χ4n) is 1.63. The first kappa shape index (κ1) is 17.9. The highest BCUT2D eigenvalue weighted by molar-refractivity contribution is 7.88. The second kappa shape index (κ2) is 7.77. The molecule has 1 aromatic rings. The van der Waals surface area contributed by atoms with E-state index in [1.165, 1.54) is 4.72 Å². The lowest BCUT2D eigenvalue weighted by molar-refractivity contribution is -0.121. The van der Waals surface area contributed by atoms with Crippen molar-refractivity contribution < 1.29 is 21.6 Å². The molecule has 0 fully saturated rings. The Morgan fingerprint density at radius 1 is 1.10 bits per heavy atom. The van der Waals surface area contributed by atoms with E-state index in [4.69, 9.17) is 0 Å². The van der Waals surface area contributed by atoms with E-state index in [2.05, 4.69) is 12.2 Å². The first-order chi connectivity index (χ1) is 9.72. The van der Waals surface area contributed by atoms with Crippen molar-refractivity contribution in [1.82, 2.24) is 10.0 Å². The van der Waals surface area contributed by atoms with Crippen molar-refractivity contribution in [3.63, 3.8) is 0 Å². The van der Waals surface area contributed by atoms with Crippen molar-refractivity contribution in [3.05, 3.63) is 35.4 Å². The Hall–Kier alpha value is -1.12. The van der Waals surface area contributed by atoms with Crippen molar-refractivity contribution >= 4 is 10.0 Å². The maximum absolute atomic E-state index is 12.0. The largest absolute Gasteiger partial charge is 0.402 e. The highest BCUT2D eigenvalue weighted by atomic mass is 32.2. The molecule has 120 valence electrons. The van der Waals surface area contributed by atoms with Gasteiger partial charge in [-0.15, -0.1) is 0 Å². The van der Waals surface area contributed by atoms with Gasteiger partial charge in [0.15, 0.2) is 0 Å². The van der Waals surface area contributed by atoms with Crippen molar-refractivity contribution in [2.45, 2.75) is 31.8 Å². The minimum atomic E-state index is -4.55. The average molecular weight is 324 g/mol. The Morgan fingerprint density at radius 3 is 2.19 bits per heavy atom. The molecule has 0 saturated heterocycles. The molecule has 0 aromatic heterocycles. The van der Waals surface area contributed by atoms with Gasteiger partial charge in [-0.2, -0.15) is 13.2 Å². The van der Waals surface area contributed by atoms with Gasteiger partial charge in [-0.1, -0.05) is 31.2 Å². The number of rotatable bonds is 8. The molecule has 0 heterocycles. The Bertz CT molecular complexity index is 527. The first-order valence-corrected chi connectivity index (χ1v) is 8.20. The van der Waals surface area contributed by atoms with Crippen LogP contribution in [-0.4, -0.2) is 27.7 Å². The second-order valence-corrected chi connectivity index (χ2v) is 6.50. The monoisotopic (exact) mass is 324 g/mol. The van der Waals surface area contributed by atoms with Crippen LogP contribution in [0, 0.1) is 0 Å². The van der Waals surface area contributed by atoms with Gasteiger partial charge >= 0.3 is 6.18 Å². The van der Waals surface area contributed by atoms with E-state index < -0.39 is 28.5 Å². The summed E-state index contributed by atoms with van der Waals surface area (Å²) >= 11 is 0. The van der Waals surface area contributed by atoms with E-state index >= 15 is 0 Å². The molecule has 0 aliphatic carbocycles. The molecule has 0 amide bonds. The Morgan fingerprint density at radius 2 is 1.67 bits per heavy atom. The second-order valence-electron chi connectivity index (χ2n) is 4.69. The van der Waals surface area contributed by atoms with Gasteiger partial charge in [0.2, 0.25) is 10.0 Å². The predicted octanol–water partition coefficient (Wildman–Crippen LogP) is 2.17. The molecule has 0 bridgehead atoms. The minimum absolute atomic E-state index is 0.448. The molecule has 0 aliphatic rings. The zero-order chi connectivity index (χ0) is 15.9. The summed E-state index contributed by atoms with van der Waals surface area (Å²) in [6.07, 6.45) is -3.54. The summed E-state index contributed by atoms with van der Waals surface area (Å²) < 4.78 is 60.6. The molecule has 0 saturated carbocycles. The van der Waals surface area contributed by atoms with Crippen LogP contribution in [-0.2, 0) is 22.3 Å². The summed E-state index contributed by atoms with van der Waals surface area (Å²) in [7, 11) is -3.99. The summed E-state index contributed by atoms with van der Waals surface area (Å²) in [5.74, 6) is -0.467. The van der Waals surface area contributed by atoms with E-state index in [0.717, 1.165) is 18.5 Å². The Kier molecular flexibility index (Phi) is 6.63. The van der Waals surface area contributed by atoms with E-state index in [9.17, 15) is 21.6 Å². The number of nitrogens with one attached hydrogen (secondary N) is 2. The van der Waals surface area contributed by atoms with Gasteiger partial charge in [0.05, 0.1) is 5.75 Å². The number of sulfonamides is 1. The van der Waals surface area contributed by atoms with E-state index in [-0.39, 0.29) is 0 Å². The Balaban J connectivity index is 2.54. The maximum Gasteiger partial charge on any atom is 0.402 e. The van der Waals surface area contributed by atoms with Gasteiger partial charge in [-0.25, -0.2) is 13.1 Å². The number of alkyl halides is 3. The van der Waals surface area contributed by atoms with Gasteiger partial charge in [-0.05, 0) is 24.1 Å². The van der Waals surface area contributed by atoms with Crippen LogP contribution in [0.2, 0.25) is 0 Å². The average Bonchev–Trinajstić information content (AvgIpc) is 2.38. The fraction of sp³-hybridized carbons (Fsp3) is 0.538. The third-order valence-corrected chi connectivity index (χ3v) is 3.93. The molecular formula is C13H19F3N2O2S. The number of halogens is 3. The van der Waals surface area contributed by atoms with E-state index in [0.29, 0.717) is 12.1 Å². The zero-order valence-corrected chi connectivity index (χ0v) is 12.5. The van der Waals surface area contributed by atoms with Gasteiger partial charge in [0.1, 0.15) is 6.54 Å². The summed E-state index contributed by atoms with van der Waals surface area (Å²) in [6, 6.07) is 6.74. The van der Waals surface area contributed by atoms with Crippen LogP contribution in [0.1, 0.15) is 24.5 Å². The molecule has 1 aromatic carbocycles. The topological polar surface area (TPSA) is 58.2 Å². The third-order valence-electron chi connectivity index (χ3n) is 2.63. The van der Waals surface area contributed by atoms with Crippen LogP contribution >= 0.6 is 0 Å². The van der Waals surface area contributed by atoms with Crippen LogP contribution in [0.3, 0.4) is 0 Å². The standard InChI is InChI=1S/C13H19F3N2O2S/c1-2-7-17-8-11-3-5-12(6-4-11)9-21(19,20)18-10-13(14,15)16/h3-6,17-18H,2,7-10H2,1H3. The SMILES string of the molecule is CCCNCc1ccc(CS(=O)(=O)NCC(F)(F)F)cc1. The molecule has 0 atom stereocenters. The molecule has 0 unspecified atom stereocenters. The van der Waals surface area contributed by atoms with Crippen LogP contribution < -0.4 is 10.0 Å². The van der Waals surface area contributed by atoms with Crippen molar-refractivity contribution in [1.29, 1.82) is 0 Å². The van der Waals surface area contributed by atoms with Crippen molar-refractivity contribution in [2.75, 3.05) is 13.1 Å². The van der Waals surface area contributed by atoms with Crippen LogP contribution in [0.5, 0.6) is 0 Å². The lowest BCUT2D eigenvalue weighted by Crippen LogP contribution is -2.34. The van der Waals surface area contributed by atoms with Gasteiger partial charge in [-0.3, -0.25) is 0 Å². The highest BCUT2D eigenvalue weighted by Crippen LogP contribution is 2.14. The number of hydrogen-bond donors (Lipinski definition) is 2. The molecule has 0 aliphatic heterocycles. The molecule has 4 nitrogen and oxygen atoms in total. The maximum atomic E-state index is 12.0. The summed E-state index contributed by atoms with van der Waals surface area (Å²) in [5, 5.41) is 3.20. The molecule has 8 heteroatoms. The van der Waals surface area contributed by atoms with Crippen LogP contribution in [0.4, 0.5) is 13.2 Å². The zero-order valence-electron chi connectivity index (χ0n) is 11.7. The van der Waals surface area contributed by atoms with Crippen LogP contribution in [0.25, 0.3) is 0 Å². The lowest BCUT2D eigenvalue weighted by atomic mass is 10.1. The predicted molar refractivity (Wildman–Crippen MR) is 75.1 cm³/mol. The normalized spacial score (nSPS) is 12.6. The Labute approximate surface area is 122 Å².